The Hall–Kier alpha value is -2.95. The molecule has 1 N–H and O–H groups in total. The topological polar surface area (TPSA) is 49.4 Å². The van der Waals surface area contributed by atoms with Crippen LogP contribution < -0.4 is 5.32 Å². The summed E-state index contributed by atoms with van der Waals surface area (Å²) in [5, 5.41) is 2.80. The summed E-state index contributed by atoms with van der Waals surface area (Å²) in [6.07, 6.45) is 3.74. The molecule has 3 rings (SSSR count). The molecule has 25 heavy (non-hydrogen) atoms. The van der Waals surface area contributed by atoms with E-state index in [1.54, 1.807) is 23.2 Å². The van der Waals surface area contributed by atoms with Crippen LogP contribution >= 0.6 is 0 Å². The molecule has 2 aromatic carbocycles. The largest absolute Gasteiger partial charge is 0.352 e. The molecule has 0 aromatic heterocycles. The number of benzene rings is 2. The van der Waals surface area contributed by atoms with Crippen LogP contribution in [0.3, 0.4) is 0 Å². The molecular weight excluding hydrogens is 319 g/mol. The molecular formula is C20H19FN2O2. The number of hydrogen-bond acceptors (Lipinski definition) is 2. The van der Waals surface area contributed by atoms with Crippen molar-refractivity contribution in [1.29, 1.82) is 0 Å². The van der Waals surface area contributed by atoms with Gasteiger partial charge in [-0.3, -0.25) is 9.59 Å². The third kappa shape index (κ3) is 3.94. The van der Waals surface area contributed by atoms with E-state index >= 15 is 0 Å². The molecule has 0 saturated heterocycles. The molecule has 0 saturated carbocycles. The van der Waals surface area contributed by atoms with Gasteiger partial charge in [0.25, 0.3) is 0 Å². The highest BCUT2D eigenvalue weighted by Crippen LogP contribution is 2.32. The molecule has 128 valence electrons. The summed E-state index contributed by atoms with van der Waals surface area (Å²) in [7, 11) is 0. The summed E-state index contributed by atoms with van der Waals surface area (Å²) >= 11 is 0. The summed E-state index contributed by atoms with van der Waals surface area (Å²) in [6, 6.07) is 13.5. The minimum atomic E-state index is -0.341. The van der Waals surface area contributed by atoms with E-state index in [2.05, 4.69) is 5.32 Å². The molecule has 1 aliphatic rings. The first-order chi connectivity index (χ1) is 12.0. The second kappa shape index (κ2) is 7.30. The normalized spacial score (nSPS) is 15.6. The van der Waals surface area contributed by atoms with Gasteiger partial charge in [-0.1, -0.05) is 36.4 Å². The summed E-state index contributed by atoms with van der Waals surface area (Å²) in [5.41, 5.74) is 2.64. The molecule has 4 nitrogen and oxygen atoms in total. The van der Waals surface area contributed by atoms with Gasteiger partial charge < -0.3 is 10.2 Å². The number of rotatable bonds is 4. The third-order valence-corrected chi connectivity index (χ3v) is 4.23. The van der Waals surface area contributed by atoms with Crippen molar-refractivity contribution in [3.05, 3.63) is 77.2 Å². The van der Waals surface area contributed by atoms with Crippen molar-refractivity contribution in [3.63, 3.8) is 0 Å². The highest BCUT2D eigenvalue weighted by Gasteiger charge is 2.27. The fourth-order valence-corrected chi connectivity index (χ4v) is 3.01. The number of halogens is 1. The van der Waals surface area contributed by atoms with E-state index in [0.29, 0.717) is 5.56 Å². The van der Waals surface area contributed by atoms with Gasteiger partial charge in [0, 0.05) is 19.7 Å². The number of carbonyl (C=O) groups is 2. The maximum absolute atomic E-state index is 13.2. The Labute approximate surface area is 146 Å². The zero-order valence-corrected chi connectivity index (χ0v) is 13.9. The van der Waals surface area contributed by atoms with Crippen molar-refractivity contribution in [3.8, 4) is 0 Å². The molecule has 0 fully saturated rings. The van der Waals surface area contributed by atoms with E-state index in [1.807, 2.05) is 30.3 Å². The number of nitrogens with zero attached hydrogens (tertiary/aromatic N) is 1. The van der Waals surface area contributed by atoms with Crippen molar-refractivity contribution < 1.29 is 14.0 Å². The van der Waals surface area contributed by atoms with Gasteiger partial charge in [-0.2, -0.15) is 0 Å². The van der Waals surface area contributed by atoms with Crippen LogP contribution in [0, 0.1) is 5.82 Å². The molecule has 1 unspecified atom stereocenters. The van der Waals surface area contributed by atoms with E-state index in [9.17, 15) is 14.0 Å². The molecule has 1 aliphatic heterocycles. The lowest BCUT2D eigenvalue weighted by Gasteiger charge is -2.32. The third-order valence-electron chi connectivity index (χ3n) is 4.23. The minimum Gasteiger partial charge on any atom is -0.352 e. The molecule has 2 aromatic rings. The molecule has 0 bridgehead atoms. The first-order valence-corrected chi connectivity index (χ1v) is 8.12. The second-order valence-electron chi connectivity index (χ2n) is 6.00. The van der Waals surface area contributed by atoms with Crippen molar-refractivity contribution >= 4 is 17.9 Å². The van der Waals surface area contributed by atoms with Gasteiger partial charge in [-0.25, -0.2) is 4.39 Å². The number of nitrogens with one attached hydrogen (secondary N) is 1. The maximum atomic E-state index is 13.2. The summed E-state index contributed by atoms with van der Waals surface area (Å²) in [6.45, 7) is 1.73. The fourth-order valence-electron chi connectivity index (χ4n) is 3.01. The van der Waals surface area contributed by atoms with Gasteiger partial charge in [0.1, 0.15) is 5.82 Å². The van der Waals surface area contributed by atoms with Gasteiger partial charge in [0.2, 0.25) is 11.8 Å². The van der Waals surface area contributed by atoms with Crippen LogP contribution in [0.1, 0.15) is 36.1 Å². The zero-order valence-electron chi connectivity index (χ0n) is 13.9. The number of hydrogen-bond donors (Lipinski definition) is 1. The highest BCUT2D eigenvalue weighted by atomic mass is 19.1. The lowest BCUT2D eigenvalue weighted by Crippen LogP contribution is -2.35. The lowest BCUT2D eigenvalue weighted by molar-refractivity contribution is -0.130. The molecule has 2 amide bonds. The van der Waals surface area contributed by atoms with Gasteiger partial charge in [-0.05, 0) is 34.9 Å². The van der Waals surface area contributed by atoms with Crippen LogP contribution in [0.5, 0.6) is 0 Å². The Morgan fingerprint density at radius 3 is 2.72 bits per heavy atom. The van der Waals surface area contributed by atoms with Crippen molar-refractivity contribution in [2.75, 3.05) is 0 Å². The van der Waals surface area contributed by atoms with Crippen molar-refractivity contribution in [2.24, 2.45) is 0 Å². The zero-order chi connectivity index (χ0) is 17.8. The lowest BCUT2D eigenvalue weighted by atomic mass is 9.93. The Morgan fingerprint density at radius 2 is 1.96 bits per heavy atom. The monoisotopic (exact) mass is 338 g/mol. The van der Waals surface area contributed by atoms with Crippen LogP contribution in [0.15, 0.2) is 54.7 Å². The van der Waals surface area contributed by atoms with Crippen LogP contribution in [-0.2, 0) is 16.1 Å². The first kappa shape index (κ1) is 16.9. The smallest absolute Gasteiger partial charge is 0.223 e. The number of fused-ring (bicyclic) bond motifs is 1. The van der Waals surface area contributed by atoms with Crippen molar-refractivity contribution in [1.82, 2.24) is 10.2 Å². The minimum absolute atomic E-state index is 0.117. The van der Waals surface area contributed by atoms with Gasteiger partial charge in [-0.15, -0.1) is 0 Å². The van der Waals surface area contributed by atoms with Crippen LogP contribution in [0.25, 0.3) is 6.08 Å². The Morgan fingerprint density at radius 1 is 1.16 bits per heavy atom. The van der Waals surface area contributed by atoms with Crippen LogP contribution in [0.4, 0.5) is 4.39 Å². The average Bonchev–Trinajstić information content (AvgIpc) is 2.60. The molecule has 0 aliphatic carbocycles. The molecule has 1 atom stereocenters. The second-order valence-corrected chi connectivity index (χ2v) is 6.00. The SMILES string of the molecule is CC(=O)N1C=Cc2ccccc2C1CC(=O)NCc1cccc(F)c1. The molecule has 0 radical (unpaired) electrons. The maximum Gasteiger partial charge on any atom is 0.223 e. The van der Waals surface area contributed by atoms with E-state index in [0.717, 1.165) is 11.1 Å². The predicted molar refractivity (Wildman–Crippen MR) is 93.6 cm³/mol. The average molecular weight is 338 g/mol. The van der Waals surface area contributed by atoms with Gasteiger partial charge in [0.15, 0.2) is 0 Å². The van der Waals surface area contributed by atoms with E-state index in [1.165, 1.54) is 19.1 Å². The van der Waals surface area contributed by atoms with Crippen molar-refractivity contribution in [2.45, 2.75) is 25.9 Å². The van der Waals surface area contributed by atoms with Crippen LogP contribution in [-0.4, -0.2) is 16.7 Å². The molecule has 5 heteroatoms. The molecule has 1 heterocycles. The number of carbonyl (C=O) groups excluding carboxylic acids is 2. The quantitative estimate of drug-likeness (QED) is 0.929. The number of amides is 2. The Kier molecular flexibility index (Phi) is 4.93. The Balaban J connectivity index is 1.72. The fraction of sp³-hybridized carbons (Fsp3) is 0.200. The van der Waals surface area contributed by atoms with E-state index in [-0.39, 0.29) is 36.6 Å². The van der Waals surface area contributed by atoms with Gasteiger partial charge in [0.05, 0.1) is 12.5 Å². The Bertz CT molecular complexity index is 832. The van der Waals surface area contributed by atoms with Gasteiger partial charge >= 0.3 is 0 Å². The van der Waals surface area contributed by atoms with E-state index in [4.69, 9.17) is 0 Å². The van der Waals surface area contributed by atoms with E-state index < -0.39 is 0 Å². The first-order valence-electron chi connectivity index (χ1n) is 8.12. The molecule has 0 spiro atoms. The highest BCUT2D eigenvalue weighted by molar-refractivity contribution is 5.81. The summed E-state index contributed by atoms with van der Waals surface area (Å²) in [5.74, 6) is -0.639. The standard InChI is InChI=1S/C20H19FN2O2/c1-14(24)23-10-9-16-6-2-3-8-18(16)19(23)12-20(25)22-13-15-5-4-7-17(21)11-15/h2-11,19H,12-13H2,1H3,(H,22,25). The predicted octanol–water partition coefficient (Wildman–Crippen LogP) is 3.41. The summed E-state index contributed by atoms with van der Waals surface area (Å²) in [4.78, 5) is 25.9. The summed E-state index contributed by atoms with van der Waals surface area (Å²) < 4.78 is 13.2. The van der Waals surface area contributed by atoms with Crippen LogP contribution in [0.2, 0.25) is 0 Å².